The van der Waals surface area contributed by atoms with Crippen molar-refractivity contribution in [2.75, 3.05) is 0 Å². The van der Waals surface area contributed by atoms with Crippen LogP contribution in [0.15, 0.2) is 58.3 Å². The standard InChI is InChI=1S/C17H20O10S4/c1-13-5-9-15(10-6-13)28(18,19)30(22,23)26-17(3,4)27-31(24,25)29(20,21)16-11-7-14(2)8-12-16/h5-12H,1-4H3. The molecule has 0 spiro atoms. The Morgan fingerprint density at radius 3 is 1.06 bits per heavy atom. The molecule has 0 atom stereocenters. The van der Waals surface area contributed by atoms with E-state index in [2.05, 4.69) is 8.37 Å². The summed E-state index contributed by atoms with van der Waals surface area (Å²) in [5.41, 5.74) is 1.32. The van der Waals surface area contributed by atoms with Crippen molar-refractivity contribution in [3.05, 3.63) is 59.7 Å². The van der Waals surface area contributed by atoms with Gasteiger partial charge in [-0.2, -0.15) is 16.8 Å². The molecular weight excluding hydrogens is 492 g/mol. The second kappa shape index (κ2) is 8.26. The van der Waals surface area contributed by atoms with Gasteiger partial charge in [0.1, 0.15) is 0 Å². The van der Waals surface area contributed by atoms with Gasteiger partial charge >= 0.3 is 36.0 Å². The van der Waals surface area contributed by atoms with E-state index in [1.54, 1.807) is 13.8 Å². The minimum Gasteiger partial charge on any atom is -0.222 e. The molecule has 0 radical (unpaired) electrons. The van der Waals surface area contributed by atoms with E-state index in [1.165, 1.54) is 24.3 Å². The molecule has 0 aliphatic heterocycles. The number of hydrogen-bond acceptors (Lipinski definition) is 10. The molecule has 0 bridgehead atoms. The largest absolute Gasteiger partial charge is 0.382 e. The van der Waals surface area contributed by atoms with Crippen LogP contribution in [0.2, 0.25) is 0 Å². The molecule has 0 N–H and O–H groups in total. The smallest absolute Gasteiger partial charge is 0.222 e. The molecule has 2 aromatic rings. The Labute approximate surface area is 180 Å². The van der Waals surface area contributed by atoms with Crippen molar-refractivity contribution in [2.24, 2.45) is 0 Å². The molecule has 0 fully saturated rings. The van der Waals surface area contributed by atoms with Crippen LogP contribution in [-0.4, -0.2) is 39.5 Å². The highest BCUT2D eigenvalue weighted by Crippen LogP contribution is 2.29. The molecule has 0 saturated heterocycles. The normalized spacial score (nSPS) is 13.8. The first kappa shape index (κ1) is 25.4. The van der Waals surface area contributed by atoms with Crippen molar-refractivity contribution in [1.82, 2.24) is 0 Å². The quantitative estimate of drug-likeness (QED) is 0.377. The van der Waals surface area contributed by atoms with Gasteiger partial charge in [-0.15, -0.1) is 0 Å². The predicted molar refractivity (Wildman–Crippen MR) is 111 cm³/mol. The third-order valence-electron chi connectivity index (χ3n) is 3.76. The fourth-order valence-electron chi connectivity index (χ4n) is 2.24. The summed E-state index contributed by atoms with van der Waals surface area (Å²) in [4.78, 5) is -1.24. The maximum atomic E-state index is 12.4. The van der Waals surface area contributed by atoms with Crippen LogP contribution in [0.5, 0.6) is 0 Å². The number of benzene rings is 2. The molecule has 0 heterocycles. The Morgan fingerprint density at radius 2 is 0.806 bits per heavy atom. The lowest BCUT2D eigenvalue weighted by molar-refractivity contribution is -0.0667. The van der Waals surface area contributed by atoms with E-state index in [4.69, 9.17) is 0 Å². The summed E-state index contributed by atoms with van der Waals surface area (Å²) in [6, 6.07) is 9.50. The molecular formula is C17H20O10S4. The zero-order valence-corrected chi connectivity index (χ0v) is 20.1. The third kappa shape index (κ3) is 5.32. The van der Waals surface area contributed by atoms with Crippen molar-refractivity contribution in [1.29, 1.82) is 0 Å². The van der Waals surface area contributed by atoms with Crippen molar-refractivity contribution < 1.29 is 42.0 Å². The van der Waals surface area contributed by atoms with Crippen LogP contribution in [0.25, 0.3) is 0 Å². The Bertz CT molecular complexity index is 1280. The summed E-state index contributed by atoms with van der Waals surface area (Å²) in [5, 5.41) is 0. The van der Waals surface area contributed by atoms with Gasteiger partial charge in [0.2, 0.25) is 0 Å². The summed E-state index contributed by atoms with van der Waals surface area (Å²) < 4.78 is 108. The fraction of sp³-hybridized carbons (Fsp3) is 0.294. The lowest BCUT2D eigenvalue weighted by Crippen LogP contribution is -2.38. The zero-order chi connectivity index (χ0) is 23.9. The van der Waals surface area contributed by atoms with Crippen molar-refractivity contribution in [2.45, 2.75) is 43.3 Å². The molecule has 2 rings (SSSR count). The van der Waals surface area contributed by atoms with E-state index in [0.717, 1.165) is 38.1 Å². The molecule has 172 valence electrons. The van der Waals surface area contributed by atoms with Gasteiger partial charge < -0.3 is 0 Å². The Hall–Kier alpha value is -1.84. The first-order valence-electron chi connectivity index (χ1n) is 8.46. The lowest BCUT2D eigenvalue weighted by atomic mass is 10.2. The zero-order valence-electron chi connectivity index (χ0n) is 16.8. The van der Waals surface area contributed by atoms with Gasteiger partial charge in [0.25, 0.3) is 0 Å². The molecule has 0 aliphatic rings. The average Bonchev–Trinajstić information content (AvgIpc) is 2.60. The maximum absolute atomic E-state index is 12.4. The second-order valence-corrected chi connectivity index (χ2v) is 16.7. The first-order chi connectivity index (χ1) is 13.9. The minimum absolute atomic E-state index is 0.621. The number of aryl methyl sites for hydroxylation is 2. The van der Waals surface area contributed by atoms with E-state index >= 15 is 0 Å². The van der Waals surface area contributed by atoms with Gasteiger partial charge in [-0.3, -0.25) is 0 Å². The van der Waals surface area contributed by atoms with Crippen LogP contribution in [-0.2, 0) is 44.4 Å². The summed E-state index contributed by atoms with van der Waals surface area (Å²) in [5.74, 6) is -2.70. The SMILES string of the molecule is Cc1ccc(S(=O)(=O)S(=O)(=O)OC(C)(C)OS(=O)(=O)S(=O)(=O)c2ccc(C)cc2)cc1. The van der Waals surface area contributed by atoms with Crippen LogP contribution < -0.4 is 0 Å². The summed E-state index contributed by atoms with van der Waals surface area (Å²) in [7, 11) is -21.2. The van der Waals surface area contributed by atoms with E-state index in [9.17, 15) is 33.7 Å². The van der Waals surface area contributed by atoms with Gasteiger partial charge in [-0.25, -0.2) is 25.2 Å². The highest BCUT2D eigenvalue weighted by atomic mass is 33.2. The molecule has 0 unspecified atom stereocenters. The Morgan fingerprint density at radius 1 is 0.548 bits per heavy atom. The summed E-state index contributed by atoms with van der Waals surface area (Å²) in [6.07, 6.45) is 0. The highest BCUT2D eigenvalue weighted by Gasteiger charge is 2.45. The molecule has 14 heteroatoms. The van der Waals surface area contributed by atoms with Gasteiger partial charge in [0.05, 0.1) is 9.79 Å². The average molecular weight is 513 g/mol. The van der Waals surface area contributed by atoms with Crippen LogP contribution in [0.4, 0.5) is 0 Å². The third-order valence-corrected chi connectivity index (χ3v) is 12.5. The number of hydrogen-bond donors (Lipinski definition) is 0. The molecule has 0 aliphatic carbocycles. The molecule has 2 aromatic carbocycles. The molecule has 10 nitrogen and oxygen atoms in total. The fourth-order valence-corrected chi connectivity index (χ4v) is 8.53. The van der Waals surface area contributed by atoms with E-state index in [-0.39, 0.29) is 0 Å². The highest BCUT2D eigenvalue weighted by molar-refractivity contribution is 8.65. The van der Waals surface area contributed by atoms with Crippen molar-refractivity contribution in [3.8, 4) is 0 Å². The first-order valence-corrected chi connectivity index (χ1v) is 15.3. The van der Waals surface area contributed by atoms with Gasteiger partial charge in [0.15, 0.2) is 5.79 Å². The van der Waals surface area contributed by atoms with Gasteiger partial charge in [-0.05, 0) is 52.0 Å². The van der Waals surface area contributed by atoms with Crippen LogP contribution in [0.1, 0.15) is 25.0 Å². The predicted octanol–water partition coefficient (Wildman–Crippen LogP) is 1.81. The molecule has 0 saturated carbocycles. The van der Waals surface area contributed by atoms with Crippen LogP contribution in [0, 0.1) is 13.8 Å². The van der Waals surface area contributed by atoms with Gasteiger partial charge in [0, 0.05) is 0 Å². The van der Waals surface area contributed by atoms with E-state index in [1.807, 2.05) is 0 Å². The lowest BCUT2D eigenvalue weighted by Gasteiger charge is -2.23. The van der Waals surface area contributed by atoms with Gasteiger partial charge in [-0.1, -0.05) is 35.4 Å². The maximum Gasteiger partial charge on any atom is 0.382 e. The second-order valence-electron chi connectivity index (χ2n) is 6.92. The molecule has 31 heavy (non-hydrogen) atoms. The van der Waals surface area contributed by atoms with E-state index < -0.39 is 51.6 Å². The molecule has 0 amide bonds. The van der Waals surface area contributed by atoms with Crippen LogP contribution >= 0.6 is 0 Å². The summed E-state index contributed by atoms with van der Waals surface area (Å²) in [6.45, 7) is 4.80. The van der Waals surface area contributed by atoms with Crippen LogP contribution in [0.3, 0.4) is 0 Å². The van der Waals surface area contributed by atoms with Crippen molar-refractivity contribution >= 4 is 36.0 Å². The monoisotopic (exact) mass is 512 g/mol. The number of rotatable bonds is 8. The van der Waals surface area contributed by atoms with E-state index in [0.29, 0.717) is 11.1 Å². The molecule has 0 aromatic heterocycles. The topological polar surface area (TPSA) is 155 Å². The minimum atomic E-state index is -5.48. The van der Waals surface area contributed by atoms with Crippen molar-refractivity contribution in [3.63, 3.8) is 0 Å². The Kier molecular flexibility index (Phi) is 6.77. The summed E-state index contributed by atoms with van der Waals surface area (Å²) >= 11 is 0. The Balaban J connectivity index is 2.36.